The molecular weight excluding hydrogens is 318 g/mol. The second kappa shape index (κ2) is 7.14. The van der Waals surface area contributed by atoms with Crippen molar-refractivity contribution in [3.8, 4) is 0 Å². The fourth-order valence-corrected chi connectivity index (χ4v) is 5.87. The number of hydrogen-bond donors (Lipinski definition) is 2. The van der Waals surface area contributed by atoms with E-state index in [2.05, 4.69) is 4.90 Å². The lowest BCUT2D eigenvalue weighted by Gasteiger charge is -2.50. The third-order valence-corrected chi connectivity index (χ3v) is 7.19. The van der Waals surface area contributed by atoms with Crippen molar-refractivity contribution in [2.75, 3.05) is 33.4 Å². The third-order valence-electron chi connectivity index (χ3n) is 7.19. The number of aliphatic imine (C=N–C) groups is 1. The van der Waals surface area contributed by atoms with Gasteiger partial charge in [-0.1, -0.05) is 12.8 Å². The Hall–Kier alpha value is -0.690. The van der Waals surface area contributed by atoms with Crippen LogP contribution >= 0.6 is 0 Å². The average molecular weight is 351 g/mol. The molecule has 0 amide bonds. The summed E-state index contributed by atoms with van der Waals surface area (Å²) in [5.74, 6) is 0.774. The summed E-state index contributed by atoms with van der Waals surface area (Å²) in [6.07, 6.45) is 7.67. The lowest BCUT2D eigenvalue weighted by atomic mass is 9.63. The number of methoxy groups -OCH3 is 1. The molecule has 6 nitrogen and oxygen atoms in total. The van der Waals surface area contributed by atoms with Gasteiger partial charge in [-0.25, -0.2) is 0 Å². The van der Waals surface area contributed by atoms with Crippen LogP contribution in [0.3, 0.4) is 0 Å². The van der Waals surface area contributed by atoms with Crippen molar-refractivity contribution in [2.45, 2.75) is 68.7 Å². The first-order chi connectivity index (χ1) is 12.1. The number of amidine groups is 1. The smallest absolute Gasteiger partial charge is 0.130 e. The minimum absolute atomic E-state index is 0.109. The highest BCUT2D eigenvalue weighted by atomic mass is 16.5. The van der Waals surface area contributed by atoms with Gasteiger partial charge in [-0.15, -0.1) is 0 Å². The Morgan fingerprint density at radius 2 is 1.92 bits per heavy atom. The van der Waals surface area contributed by atoms with Crippen LogP contribution in [0.15, 0.2) is 4.99 Å². The number of rotatable bonds is 3. The molecule has 0 aromatic heterocycles. The molecule has 2 saturated carbocycles. The Morgan fingerprint density at radius 3 is 2.68 bits per heavy atom. The SMILES string of the molecule is COC1CCC2N=C(N)C(O)(C3CCCCC3N3CCOCC3)C2C1. The van der Waals surface area contributed by atoms with Crippen molar-refractivity contribution in [1.82, 2.24) is 4.90 Å². The van der Waals surface area contributed by atoms with Gasteiger partial charge in [0.15, 0.2) is 0 Å². The van der Waals surface area contributed by atoms with Gasteiger partial charge in [0.05, 0.1) is 25.4 Å². The van der Waals surface area contributed by atoms with Crippen molar-refractivity contribution in [3.63, 3.8) is 0 Å². The summed E-state index contributed by atoms with van der Waals surface area (Å²) in [7, 11) is 1.78. The molecule has 1 saturated heterocycles. The highest BCUT2D eigenvalue weighted by Crippen LogP contribution is 2.49. The lowest BCUT2D eigenvalue weighted by molar-refractivity contribution is -0.0946. The minimum atomic E-state index is -0.967. The summed E-state index contributed by atoms with van der Waals surface area (Å²) in [5, 5.41) is 11.9. The highest BCUT2D eigenvalue weighted by molar-refractivity contribution is 5.92. The van der Waals surface area contributed by atoms with Crippen molar-refractivity contribution in [1.29, 1.82) is 0 Å². The monoisotopic (exact) mass is 351 g/mol. The first-order valence-corrected chi connectivity index (χ1v) is 10.0. The third kappa shape index (κ3) is 3.01. The van der Waals surface area contributed by atoms with Crippen LogP contribution in [-0.4, -0.2) is 73.0 Å². The number of morpholine rings is 1. The summed E-state index contributed by atoms with van der Waals surface area (Å²) in [6.45, 7) is 3.51. The maximum absolute atomic E-state index is 11.9. The minimum Gasteiger partial charge on any atom is -0.385 e. The maximum Gasteiger partial charge on any atom is 0.130 e. The Kier molecular flexibility index (Phi) is 5.06. The number of aliphatic hydroxyl groups is 1. The van der Waals surface area contributed by atoms with Gasteiger partial charge in [-0.2, -0.15) is 0 Å². The van der Waals surface area contributed by atoms with Gasteiger partial charge in [-0.05, 0) is 32.1 Å². The number of nitrogens with zero attached hydrogens (tertiary/aromatic N) is 2. The van der Waals surface area contributed by atoms with Gasteiger partial charge >= 0.3 is 0 Å². The molecule has 2 heterocycles. The largest absolute Gasteiger partial charge is 0.385 e. The van der Waals surface area contributed by atoms with Gasteiger partial charge in [-0.3, -0.25) is 9.89 Å². The molecule has 25 heavy (non-hydrogen) atoms. The molecule has 3 fully saturated rings. The molecule has 6 unspecified atom stereocenters. The molecule has 4 aliphatic rings. The Labute approximate surface area is 150 Å². The predicted molar refractivity (Wildman–Crippen MR) is 96.6 cm³/mol. The standard InChI is InChI=1S/C19H33N3O3/c1-24-13-6-7-16-15(12-13)19(23,18(20)21-16)14-4-2-3-5-17(14)22-8-10-25-11-9-22/h13-17,23H,2-12H2,1H3,(H2,20,21). The van der Waals surface area contributed by atoms with Crippen molar-refractivity contribution in [2.24, 2.45) is 22.6 Å². The van der Waals surface area contributed by atoms with Crippen LogP contribution in [-0.2, 0) is 9.47 Å². The summed E-state index contributed by atoms with van der Waals surface area (Å²) in [5.41, 5.74) is 5.43. The molecule has 2 aliphatic heterocycles. The summed E-state index contributed by atoms with van der Waals surface area (Å²) in [6, 6.07) is 0.557. The fraction of sp³-hybridized carbons (Fsp3) is 0.947. The Morgan fingerprint density at radius 1 is 1.16 bits per heavy atom. The van der Waals surface area contributed by atoms with E-state index in [1.165, 1.54) is 12.8 Å². The van der Waals surface area contributed by atoms with E-state index < -0.39 is 5.60 Å². The van der Waals surface area contributed by atoms with Crippen molar-refractivity contribution in [3.05, 3.63) is 0 Å². The molecule has 0 bridgehead atoms. The van der Waals surface area contributed by atoms with Crippen LogP contribution in [0.4, 0.5) is 0 Å². The number of ether oxygens (including phenoxy) is 2. The second-order valence-corrected chi connectivity index (χ2v) is 8.29. The highest BCUT2D eigenvalue weighted by Gasteiger charge is 2.58. The molecule has 0 radical (unpaired) electrons. The number of hydrogen-bond acceptors (Lipinski definition) is 6. The molecule has 2 aliphatic carbocycles. The molecule has 6 heteroatoms. The maximum atomic E-state index is 11.9. The normalized spacial score (nSPS) is 45.8. The average Bonchev–Trinajstić information content (AvgIpc) is 2.93. The van der Waals surface area contributed by atoms with E-state index in [0.29, 0.717) is 11.9 Å². The first-order valence-electron chi connectivity index (χ1n) is 10.0. The van der Waals surface area contributed by atoms with E-state index in [0.717, 1.165) is 58.4 Å². The molecule has 6 atom stereocenters. The van der Waals surface area contributed by atoms with Crippen LogP contribution in [0.1, 0.15) is 44.9 Å². The quantitative estimate of drug-likeness (QED) is 0.798. The number of nitrogens with two attached hydrogens (primary N) is 1. The van der Waals surface area contributed by atoms with Gasteiger partial charge in [0.2, 0.25) is 0 Å². The van der Waals surface area contributed by atoms with Crippen LogP contribution in [0, 0.1) is 11.8 Å². The second-order valence-electron chi connectivity index (χ2n) is 8.29. The van der Waals surface area contributed by atoms with Crippen LogP contribution in [0.25, 0.3) is 0 Å². The van der Waals surface area contributed by atoms with E-state index in [9.17, 15) is 5.11 Å². The fourth-order valence-electron chi connectivity index (χ4n) is 5.87. The molecule has 142 valence electrons. The summed E-state index contributed by atoms with van der Waals surface area (Å²) in [4.78, 5) is 7.26. The van der Waals surface area contributed by atoms with Crippen LogP contribution in [0.5, 0.6) is 0 Å². The van der Waals surface area contributed by atoms with E-state index in [1.54, 1.807) is 7.11 Å². The predicted octanol–water partition coefficient (Wildman–Crippen LogP) is 1.16. The molecular formula is C19H33N3O3. The van der Waals surface area contributed by atoms with Crippen LogP contribution in [0.2, 0.25) is 0 Å². The molecule has 4 rings (SSSR count). The molecule has 0 spiro atoms. The summed E-state index contributed by atoms with van der Waals surface area (Å²) < 4.78 is 11.2. The topological polar surface area (TPSA) is 80.3 Å². The molecule has 3 N–H and O–H groups in total. The number of fused-ring (bicyclic) bond motifs is 1. The van der Waals surface area contributed by atoms with Gasteiger partial charge in [0.25, 0.3) is 0 Å². The van der Waals surface area contributed by atoms with E-state index in [1.807, 2.05) is 0 Å². The molecule has 0 aromatic rings. The molecule has 0 aromatic carbocycles. The first kappa shape index (κ1) is 17.7. The van der Waals surface area contributed by atoms with E-state index >= 15 is 0 Å². The van der Waals surface area contributed by atoms with Crippen molar-refractivity contribution < 1.29 is 14.6 Å². The van der Waals surface area contributed by atoms with Gasteiger partial charge in [0.1, 0.15) is 11.4 Å². The van der Waals surface area contributed by atoms with Gasteiger partial charge < -0.3 is 20.3 Å². The zero-order valence-corrected chi connectivity index (χ0v) is 15.4. The van der Waals surface area contributed by atoms with E-state index in [-0.39, 0.29) is 24.0 Å². The van der Waals surface area contributed by atoms with Crippen LogP contribution < -0.4 is 5.73 Å². The van der Waals surface area contributed by atoms with Crippen molar-refractivity contribution >= 4 is 5.84 Å². The Balaban J connectivity index is 1.60. The van der Waals surface area contributed by atoms with Gasteiger partial charge in [0, 0.05) is 38.1 Å². The zero-order chi connectivity index (χ0) is 17.4. The zero-order valence-electron chi connectivity index (χ0n) is 15.4. The lowest BCUT2D eigenvalue weighted by Crippen LogP contribution is -2.62. The summed E-state index contributed by atoms with van der Waals surface area (Å²) >= 11 is 0. The Bertz CT molecular complexity index is 508. The van der Waals surface area contributed by atoms with E-state index in [4.69, 9.17) is 20.2 Å².